The number of ether oxygens (including phenoxy) is 1. The van der Waals surface area contributed by atoms with Crippen LogP contribution >= 0.6 is 11.6 Å². The van der Waals surface area contributed by atoms with Crippen LogP contribution in [0.3, 0.4) is 0 Å². The number of anilines is 2. The molecule has 0 radical (unpaired) electrons. The zero-order chi connectivity index (χ0) is 25.8. The summed E-state index contributed by atoms with van der Waals surface area (Å²) >= 11 is 6.05. The fourth-order valence-corrected chi connectivity index (χ4v) is 5.81. The number of carbonyl (C=O) groups excluding carboxylic acids is 4. The van der Waals surface area contributed by atoms with E-state index in [1.165, 1.54) is 19.1 Å². The number of ketones is 1. The van der Waals surface area contributed by atoms with Crippen LogP contribution in [-0.4, -0.2) is 35.7 Å². The minimum Gasteiger partial charge on any atom is -0.427 e. The minimum atomic E-state index is -0.871. The van der Waals surface area contributed by atoms with Crippen molar-refractivity contribution >= 4 is 52.6 Å². The third kappa shape index (κ3) is 3.65. The van der Waals surface area contributed by atoms with Crippen LogP contribution in [0.1, 0.15) is 22.8 Å². The highest BCUT2D eigenvalue weighted by atomic mass is 35.5. The maximum absolute atomic E-state index is 14.0. The molecule has 0 spiro atoms. The largest absolute Gasteiger partial charge is 0.427 e. The summed E-state index contributed by atoms with van der Waals surface area (Å²) in [5.41, 5.74) is 2.52. The van der Waals surface area contributed by atoms with Crippen molar-refractivity contribution < 1.29 is 23.9 Å². The van der Waals surface area contributed by atoms with Crippen LogP contribution in [0, 0.1) is 11.8 Å². The van der Waals surface area contributed by atoms with Crippen LogP contribution < -0.4 is 14.5 Å². The predicted molar refractivity (Wildman–Crippen MR) is 139 cm³/mol. The topological polar surface area (TPSA) is 84.0 Å². The number of fused-ring (bicyclic) bond motifs is 5. The maximum atomic E-state index is 14.0. The molecule has 0 saturated carbocycles. The SMILES string of the molecule is CC(=O)Oc1ccc(N2C(=O)[C@@H]3[C@H](C2=O)[C@H](C(=O)c2ccc(Cl)cc2)N2c4ccccc4C=C[C@@H]32)cc1. The first kappa shape index (κ1) is 23.2. The van der Waals surface area contributed by atoms with E-state index in [-0.39, 0.29) is 11.7 Å². The number of rotatable bonds is 4. The second-order valence-corrected chi connectivity index (χ2v) is 9.72. The van der Waals surface area contributed by atoms with Gasteiger partial charge >= 0.3 is 5.97 Å². The second-order valence-electron chi connectivity index (χ2n) is 9.28. The van der Waals surface area contributed by atoms with Crippen LogP contribution in [0.5, 0.6) is 5.75 Å². The summed E-state index contributed by atoms with van der Waals surface area (Å²) < 4.78 is 5.07. The Morgan fingerprint density at radius 2 is 1.54 bits per heavy atom. The molecule has 37 heavy (non-hydrogen) atoms. The van der Waals surface area contributed by atoms with Crippen molar-refractivity contribution in [1.82, 2.24) is 0 Å². The van der Waals surface area contributed by atoms with E-state index in [4.69, 9.17) is 16.3 Å². The maximum Gasteiger partial charge on any atom is 0.308 e. The Kier molecular flexibility index (Phi) is 5.46. The van der Waals surface area contributed by atoms with E-state index in [2.05, 4.69) is 0 Å². The summed E-state index contributed by atoms with van der Waals surface area (Å²) in [7, 11) is 0. The van der Waals surface area contributed by atoms with Crippen molar-refractivity contribution in [1.29, 1.82) is 0 Å². The zero-order valence-electron chi connectivity index (χ0n) is 19.7. The monoisotopic (exact) mass is 512 g/mol. The van der Waals surface area contributed by atoms with E-state index in [0.29, 0.717) is 22.0 Å². The highest BCUT2D eigenvalue weighted by Crippen LogP contribution is 2.49. The van der Waals surface area contributed by atoms with Gasteiger partial charge in [-0.05, 0) is 60.2 Å². The summed E-state index contributed by atoms with van der Waals surface area (Å²) in [5.74, 6) is -2.79. The molecule has 3 heterocycles. The molecule has 2 amide bonds. The van der Waals surface area contributed by atoms with E-state index >= 15 is 0 Å². The number of halogens is 1. The number of benzene rings is 3. The van der Waals surface area contributed by atoms with Crippen LogP contribution in [0.2, 0.25) is 5.02 Å². The lowest BCUT2D eigenvalue weighted by atomic mass is 9.86. The molecular formula is C29H21ClN2O5. The predicted octanol–water partition coefficient (Wildman–Crippen LogP) is 4.54. The molecule has 3 aromatic carbocycles. The third-order valence-electron chi connectivity index (χ3n) is 7.17. The van der Waals surface area contributed by atoms with Crippen LogP contribution in [0.15, 0.2) is 78.9 Å². The Hall–Kier alpha value is -4.23. The first-order valence-electron chi connectivity index (χ1n) is 11.9. The Balaban J connectivity index is 1.43. The summed E-state index contributed by atoms with van der Waals surface area (Å²) in [5, 5.41) is 0.500. The molecule has 8 heteroatoms. The second kappa shape index (κ2) is 8.71. The van der Waals surface area contributed by atoms with Crippen molar-refractivity contribution in [3.05, 3.63) is 95.0 Å². The molecule has 0 bridgehead atoms. The third-order valence-corrected chi connectivity index (χ3v) is 7.42. The number of hydrogen-bond acceptors (Lipinski definition) is 6. The van der Waals surface area contributed by atoms with Gasteiger partial charge in [0, 0.05) is 23.2 Å². The number of nitrogens with zero attached hydrogens (tertiary/aromatic N) is 2. The molecule has 0 unspecified atom stereocenters. The quantitative estimate of drug-likeness (QED) is 0.221. The van der Waals surface area contributed by atoms with Gasteiger partial charge in [0.2, 0.25) is 11.8 Å². The normalized spacial score (nSPS) is 23.5. The molecule has 184 valence electrons. The van der Waals surface area contributed by atoms with Gasteiger partial charge in [-0.1, -0.05) is 42.0 Å². The van der Waals surface area contributed by atoms with Crippen molar-refractivity contribution in [2.24, 2.45) is 11.8 Å². The van der Waals surface area contributed by atoms with Crippen molar-refractivity contribution in [2.45, 2.75) is 19.0 Å². The molecule has 7 nitrogen and oxygen atoms in total. The summed E-state index contributed by atoms with van der Waals surface area (Å²) in [6, 6.07) is 19.1. The van der Waals surface area contributed by atoms with Gasteiger partial charge in [0.15, 0.2) is 5.78 Å². The molecule has 2 saturated heterocycles. The van der Waals surface area contributed by atoms with Crippen molar-refractivity contribution in [3.63, 3.8) is 0 Å². The van der Waals surface area contributed by atoms with Gasteiger partial charge in [-0.25, -0.2) is 4.90 Å². The van der Waals surface area contributed by atoms with Gasteiger partial charge in [0.1, 0.15) is 11.8 Å². The Bertz CT molecular complexity index is 1480. The lowest BCUT2D eigenvalue weighted by Crippen LogP contribution is -2.48. The number of carbonyl (C=O) groups is 4. The molecule has 0 aromatic heterocycles. The van der Waals surface area contributed by atoms with E-state index < -0.39 is 35.8 Å². The highest BCUT2D eigenvalue weighted by Gasteiger charge is 2.64. The highest BCUT2D eigenvalue weighted by molar-refractivity contribution is 6.30. The van der Waals surface area contributed by atoms with Gasteiger partial charge in [-0.3, -0.25) is 19.2 Å². The van der Waals surface area contributed by atoms with E-state index in [1.807, 2.05) is 41.3 Å². The molecule has 3 aromatic rings. The molecule has 2 fully saturated rings. The van der Waals surface area contributed by atoms with Crippen LogP contribution in [0.4, 0.5) is 11.4 Å². The Labute approximate surface area is 217 Å². The smallest absolute Gasteiger partial charge is 0.308 e. The number of para-hydroxylation sites is 1. The summed E-state index contributed by atoms with van der Waals surface area (Å²) in [6.07, 6.45) is 3.85. The molecule has 3 aliphatic heterocycles. The molecule has 4 atom stereocenters. The molecule has 3 aliphatic rings. The fraction of sp³-hybridized carbons (Fsp3) is 0.172. The van der Waals surface area contributed by atoms with Crippen LogP contribution in [0.25, 0.3) is 6.08 Å². The molecule has 0 aliphatic carbocycles. The fourth-order valence-electron chi connectivity index (χ4n) is 5.68. The number of esters is 1. The molecule has 0 N–H and O–H groups in total. The average molecular weight is 513 g/mol. The summed E-state index contributed by atoms with van der Waals surface area (Å²) in [6.45, 7) is 1.29. The van der Waals surface area contributed by atoms with Crippen molar-refractivity contribution in [3.8, 4) is 5.75 Å². The number of imide groups is 1. The summed E-state index contributed by atoms with van der Waals surface area (Å²) in [4.78, 5) is 56.0. The Morgan fingerprint density at radius 3 is 2.24 bits per heavy atom. The van der Waals surface area contributed by atoms with Gasteiger partial charge in [0.25, 0.3) is 0 Å². The Morgan fingerprint density at radius 1 is 0.865 bits per heavy atom. The first-order chi connectivity index (χ1) is 17.8. The van der Waals surface area contributed by atoms with Gasteiger partial charge in [-0.2, -0.15) is 0 Å². The first-order valence-corrected chi connectivity index (χ1v) is 12.2. The lowest BCUT2D eigenvalue weighted by Gasteiger charge is -2.36. The average Bonchev–Trinajstić information content (AvgIpc) is 3.37. The lowest BCUT2D eigenvalue weighted by molar-refractivity contribution is -0.132. The van der Waals surface area contributed by atoms with E-state index in [1.54, 1.807) is 36.4 Å². The zero-order valence-corrected chi connectivity index (χ0v) is 20.5. The van der Waals surface area contributed by atoms with Gasteiger partial charge < -0.3 is 9.64 Å². The van der Waals surface area contributed by atoms with Crippen molar-refractivity contribution in [2.75, 3.05) is 9.80 Å². The number of Topliss-reactive ketones (excluding diaryl/α,β-unsaturated/α-hetero) is 1. The standard InChI is InChI=1S/C29H21ClN2O5/c1-16(33)37-21-13-11-20(12-14-21)31-28(35)24-23-15-8-17-4-2-3-5-22(17)32(23)26(25(24)29(31)36)27(34)18-6-9-19(30)10-7-18/h2-15,23-26H,1H3/t23-,24-,25-,26+/m0/s1. The molecular weight excluding hydrogens is 492 g/mol. The molecule has 6 rings (SSSR count). The minimum absolute atomic E-state index is 0.243. The van der Waals surface area contributed by atoms with Crippen LogP contribution in [-0.2, 0) is 14.4 Å². The van der Waals surface area contributed by atoms with E-state index in [0.717, 1.165) is 16.2 Å². The van der Waals surface area contributed by atoms with Gasteiger partial charge in [-0.15, -0.1) is 0 Å². The number of hydrogen-bond donors (Lipinski definition) is 0. The van der Waals surface area contributed by atoms with E-state index in [9.17, 15) is 19.2 Å². The van der Waals surface area contributed by atoms with Gasteiger partial charge in [0.05, 0.1) is 23.6 Å². The number of amides is 2.